The highest BCUT2D eigenvalue weighted by Crippen LogP contribution is 2.28. The van der Waals surface area contributed by atoms with Gasteiger partial charge in [0.15, 0.2) is 0 Å². The van der Waals surface area contributed by atoms with Gasteiger partial charge in [-0.15, -0.1) is 11.3 Å². The van der Waals surface area contributed by atoms with E-state index in [1.165, 1.54) is 17.4 Å². The fourth-order valence-electron chi connectivity index (χ4n) is 1.82. The number of hydrogen-bond acceptors (Lipinski definition) is 3. The molecule has 0 saturated carbocycles. The summed E-state index contributed by atoms with van der Waals surface area (Å²) in [6, 6.07) is 8.82. The Morgan fingerprint density at radius 1 is 1.33 bits per heavy atom. The molecule has 7 heteroatoms. The number of halogens is 4. The fraction of sp³-hybridized carbons (Fsp3) is 0.286. The van der Waals surface area contributed by atoms with Crippen LogP contribution in [0.5, 0.6) is 5.75 Å². The summed E-state index contributed by atoms with van der Waals surface area (Å²) in [6.45, 7) is -0.426. The molecule has 0 radical (unpaired) electrons. The predicted molar refractivity (Wildman–Crippen MR) is 85.4 cm³/mol. The minimum absolute atomic E-state index is 0.0703. The first kappa shape index (κ1) is 16.7. The Hall–Kier alpha value is -0.690. The van der Waals surface area contributed by atoms with Crippen molar-refractivity contribution in [2.75, 3.05) is 0 Å². The fourth-order valence-corrected chi connectivity index (χ4v) is 3.32. The molecule has 21 heavy (non-hydrogen) atoms. The van der Waals surface area contributed by atoms with Crippen LogP contribution in [0, 0.1) is 0 Å². The summed E-state index contributed by atoms with van der Waals surface area (Å²) in [7, 11) is 0. The molecule has 1 aromatic carbocycles. The van der Waals surface area contributed by atoms with Gasteiger partial charge in [0.1, 0.15) is 5.75 Å². The largest absolute Gasteiger partial charge is 0.434 e. The molecule has 0 saturated heterocycles. The normalized spacial score (nSPS) is 12.7. The zero-order chi connectivity index (χ0) is 15.4. The van der Waals surface area contributed by atoms with Gasteiger partial charge in [-0.05, 0) is 37.3 Å². The van der Waals surface area contributed by atoms with Crippen LogP contribution in [0.3, 0.4) is 0 Å². The van der Waals surface area contributed by atoms with E-state index in [1.54, 1.807) is 12.1 Å². The van der Waals surface area contributed by atoms with Crippen LogP contribution in [0.2, 0.25) is 4.34 Å². The highest BCUT2D eigenvalue weighted by atomic mass is 79.9. The number of alkyl halides is 2. The molecule has 2 nitrogen and oxygen atoms in total. The van der Waals surface area contributed by atoms with E-state index >= 15 is 0 Å². The Morgan fingerprint density at radius 2 is 2.10 bits per heavy atom. The van der Waals surface area contributed by atoms with Gasteiger partial charge in [0.05, 0.1) is 4.34 Å². The molecule has 114 valence electrons. The number of thiophene rings is 1. The van der Waals surface area contributed by atoms with Crippen molar-refractivity contribution >= 4 is 38.9 Å². The van der Waals surface area contributed by atoms with Gasteiger partial charge in [-0.3, -0.25) is 0 Å². The average molecular weight is 397 g/mol. The number of nitrogens with one attached hydrogen (secondary N) is 1. The minimum Gasteiger partial charge on any atom is -0.434 e. The van der Waals surface area contributed by atoms with Crippen molar-refractivity contribution in [1.82, 2.24) is 5.32 Å². The van der Waals surface area contributed by atoms with Gasteiger partial charge in [0.25, 0.3) is 0 Å². The molecule has 0 spiro atoms. The molecule has 2 rings (SSSR count). The van der Waals surface area contributed by atoms with Gasteiger partial charge < -0.3 is 10.1 Å². The molecule has 1 aromatic heterocycles. The molecule has 0 aliphatic carbocycles. The highest BCUT2D eigenvalue weighted by molar-refractivity contribution is 9.10. The van der Waals surface area contributed by atoms with E-state index in [0.29, 0.717) is 12.1 Å². The van der Waals surface area contributed by atoms with E-state index in [9.17, 15) is 8.78 Å². The Labute approximate surface area is 139 Å². The third-order valence-corrected chi connectivity index (χ3v) is 4.77. The second-order valence-electron chi connectivity index (χ2n) is 4.38. The molecule has 1 unspecified atom stereocenters. The second-order valence-corrected chi connectivity index (χ2v) is 7.04. The monoisotopic (exact) mass is 395 g/mol. The van der Waals surface area contributed by atoms with Gasteiger partial charge >= 0.3 is 6.61 Å². The van der Waals surface area contributed by atoms with Crippen LogP contribution in [0.15, 0.2) is 34.8 Å². The molecule has 0 bridgehead atoms. The lowest BCUT2D eigenvalue weighted by molar-refractivity contribution is -0.0505. The first-order valence-electron chi connectivity index (χ1n) is 6.17. The highest BCUT2D eigenvalue weighted by Gasteiger charge is 2.12. The third kappa shape index (κ3) is 4.92. The van der Waals surface area contributed by atoms with Crippen LogP contribution < -0.4 is 10.1 Å². The van der Waals surface area contributed by atoms with Crippen LogP contribution in [-0.2, 0) is 6.54 Å². The molecule has 1 heterocycles. The molecule has 2 aromatic rings. The van der Waals surface area contributed by atoms with Gasteiger partial charge in [0.2, 0.25) is 0 Å². The maximum Gasteiger partial charge on any atom is 0.387 e. The standard InChI is InChI=1S/C14H13BrClF2NOS/c1-8(12-4-5-13(16)21-12)19-7-9-6-10(15)2-3-11(9)20-14(17)18/h2-6,8,14,19H,7H2,1H3. The van der Waals surface area contributed by atoms with Gasteiger partial charge in [-0.2, -0.15) is 8.78 Å². The quantitative estimate of drug-likeness (QED) is 0.684. The van der Waals surface area contributed by atoms with Crippen LogP contribution >= 0.6 is 38.9 Å². The maximum atomic E-state index is 12.4. The van der Waals surface area contributed by atoms with Crippen molar-refractivity contribution in [2.24, 2.45) is 0 Å². The molecule has 1 atom stereocenters. The summed E-state index contributed by atoms with van der Waals surface area (Å²) in [5, 5.41) is 3.28. The topological polar surface area (TPSA) is 21.3 Å². The van der Waals surface area contributed by atoms with Crippen LogP contribution in [0.4, 0.5) is 8.78 Å². The molecule has 1 N–H and O–H groups in total. The maximum absolute atomic E-state index is 12.4. The average Bonchev–Trinajstić information content (AvgIpc) is 2.85. The Morgan fingerprint density at radius 3 is 2.71 bits per heavy atom. The van der Waals surface area contributed by atoms with E-state index in [2.05, 4.69) is 26.0 Å². The van der Waals surface area contributed by atoms with E-state index < -0.39 is 6.61 Å². The van der Waals surface area contributed by atoms with Crippen LogP contribution in [0.1, 0.15) is 23.4 Å². The molecular weight excluding hydrogens is 384 g/mol. The third-order valence-electron chi connectivity index (χ3n) is 2.86. The first-order valence-corrected chi connectivity index (χ1v) is 8.16. The summed E-state index contributed by atoms with van der Waals surface area (Å²) < 4.78 is 30.9. The Balaban J connectivity index is 2.06. The summed E-state index contributed by atoms with van der Waals surface area (Å²) >= 11 is 10.7. The van der Waals surface area contributed by atoms with Gasteiger partial charge in [-0.25, -0.2) is 0 Å². The number of benzene rings is 1. The zero-order valence-electron chi connectivity index (χ0n) is 11.1. The smallest absolute Gasteiger partial charge is 0.387 e. The lowest BCUT2D eigenvalue weighted by atomic mass is 10.2. The van der Waals surface area contributed by atoms with Gasteiger partial charge in [0, 0.05) is 27.5 Å². The van der Waals surface area contributed by atoms with E-state index in [-0.39, 0.29) is 11.8 Å². The summed E-state index contributed by atoms with van der Waals surface area (Å²) in [5.41, 5.74) is 0.666. The minimum atomic E-state index is -2.83. The van der Waals surface area contributed by atoms with Crippen molar-refractivity contribution < 1.29 is 13.5 Å². The lowest BCUT2D eigenvalue weighted by Gasteiger charge is -2.15. The number of ether oxygens (including phenoxy) is 1. The predicted octanol–water partition coefficient (Wildman–Crippen LogP) is 5.62. The molecule has 0 fully saturated rings. The molecule has 0 aliphatic heterocycles. The van der Waals surface area contributed by atoms with Crippen molar-refractivity contribution in [3.63, 3.8) is 0 Å². The van der Waals surface area contributed by atoms with Crippen molar-refractivity contribution in [3.05, 3.63) is 49.6 Å². The van der Waals surface area contributed by atoms with E-state index in [1.807, 2.05) is 19.1 Å². The second kappa shape index (κ2) is 7.54. The Bertz CT molecular complexity index is 608. The van der Waals surface area contributed by atoms with Crippen LogP contribution in [-0.4, -0.2) is 6.61 Å². The first-order chi connectivity index (χ1) is 9.95. The lowest BCUT2D eigenvalue weighted by Crippen LogP contribution is -2.18. The van der Waals surface area contributed by atoms with E-state index in [0.717, 1.165) is 13.7 Å². The molecular formula is C14H13BrClF2NOS. The Kier molecular flexibility index (Phi) is 5.98. The van der Waals surface area contributed by atoms with E-state index in [4.69, 9.17) is 11.6 Å². The summed E-state index contributed by atoms with van der Waals surface area (Å²) in [6.07, 6.45) is 0. The number of hydrogen-bond donors (Lipinski definition) is 1. The molecule has 0 amide bonds. The van der Waals surface area contributed by atoms with Crippen molar-refractivity contribution in [2.45, 2.75) is 26.1 Å². The van der Waals surface area contributed by atoms with Crippen molar-refractivity contribution in [1.29, 1.82) is 0 Å². The van der Waals surface area contributed by atoms with Crippen LogP contribution in [0.25, 0.3) is 0 Å². The van der Waals surface area contributed by atoms with Gasteiger partial charge in [-0.1, -0.05) is 27.5 Å². The summed E-state index contributed by atoms with van der Waals surface area (Å²) in [5.74, 6) is 0.178. The summed E-state index contributed by atoms with van der Waals surface area (Å²) in [4.78, 5) is 1.09. The molecule has 0 aliphatic rings. The zero-order valence-corrected chi connectivity index (χ0v) is 14.2. The van der Waals surface area contributed by atoms with Crippen molar-refractivity contribution in [3.8, 4) is 5.75 Å². The SMILES string of the molecule is CC(NCc1cc(Br)ccc1OC(F)F)c1ccc(Cl)s1. The number of rotatable bonds is 6.